The molecule has 0 radical (unpaired) electrons. The van der Waals surface area contributed by atoms with E-state index >= 15 is 0 Å². The van der Waals surface area contributed by atoms with Gasteiger partial charge in [-0.2, -0.15) is 0 Å². The second kappa shape index (κ2) is 8.31. The Hall–Kier alpha value is -0.410. The number of aliphatic hydroxyl groups excluding tert-OH is 3. The number of hydrogen-bond donors (Lipinski definition) is 4. The van der Waals surface area contributed by atoms with E-state index in [1.807, 2.05) is 30.3 Å². The lowest BCUT2D eigenvalue weighted by Crippen LogP contribution is -2.69. The SMILES string of the molecule is [2H]C(Cl)(Cl)C(=O)N[C@@H]1[C@@H](O)[C@H](O)[C@@H](CO)OC1(Br)Cc1ccccc1. The summed E-state index contributed by atoms with van der Waals surface area (Å²) in [7, 11) is 0. The molecule has 1 amide bonds. The Balaban J connectivity index is 2.33. The molecule has 2 rings (SSSR count). The Morgan fingerprint density at radius 1 is 1.38 bits per heavy atom. The highest BCUT2D eigenvalue weighted by Crippen LogP contribution is 2.38. The van der Waals surface area contributed by atoms with Gasteiger partial charge in [-0.1, -0.05) is 69.5 Å². The number of amides is 1. The largest absolute Gasteiger partial charge is 0.394 e. The van der Waals surface area contributed by atoms with Crippen LogP contribution in [0.5, 0.6) is 0 Å². The average Bonchev–Trinajstić information content (AvgIpc) is 2.55. The quantitative estimate of drug-likeness (QED) is 0.502. The van der Waals surface area contributed by atoms with Crippen molar-refractivity contribution in [1.29, 1.82) is 0 Å². The minimum Gasteiger partial charge on any atom is -0.394 e. The van der Waals surface area contributed by atoms with Gasteiger partial charge in [-0.25, -0.2) is 0 Å². The van der Waals surface area contributed by atoms with Gasteiger partial charge in [0.1, 0.15) is 22.8 Å². The van der Waals surface area contributed by atoms with Gasteiger partial charge in [0.15, 0.2) is 4.81 Å². The average molecular weight is 444 g/mol. The number of ether oxygens (including phenoxy) is 1. The van der Waals surface area contributed by atoms with E-state index in [1.165, 1.54) is 0 Å². The molecule has 1 fully saturated rings. The molecular formula is C15H18BrCl2NO5. The van der Waals surface area contributed by atoms with Crippen molar-refractivity contribution >= 4 is 45.0 Å². The van der Waals surface area contributed by atoms with Crippen LogP contribution in [0.1, 0.15) is 6.93 Å². The first kappa shape index (κ1) is 18.4. The third-order valence-corrected chi connectivity index (χ3v) is 5.11. The third kappa shape index (κ3) is 4.40. The van der Waals surface area contributed by atoms with Gasteiger partial charge in [0.05, 0.1) is 14.0 Å². The Kier molecular flexibility index (Phi) is 6.37. The van der Waals surface area contributed by atoms with E-state index in [1.54, 1.807) is 0 Å². The maximum atomic E-state index is 12.0. The summed E-state index contributed by atoms with van der Waals surface area (Å²) in [6.07, 6.45) is -3.83. The van der Waals surface area contributed by atoms with E-state index in [-0.39, 0.29) is 6.42 Å². The topological polar surface area (TPSA) is 99.0 Å². The Morgan fingerprint density at radius 3 is 2.54 bits per heavy atom. The molecule has 0 spiro atoms. The molecule has 1 aliphatic heterocycles. The van der Waals surface area contributed by atoms with Crippen LogP contribution < -0.4 is 5.32 Å². The smallest absolute Gasteiger partial charge is 0.253 e. The molecule has 134 valence electrons. The van der Waals surface area contributed by atoms with Crippen molar-refractivity contribution in [2.75, 3.05) is 6.61 Å². The van der Waals surface area contributed by atoms with Gasteiger partial charge >= 0.3 is 0 Å². The second-order valence-electron chi connectivity index (χ2n) is 5.48. The molecule has 1 aromatic carbocycles. The van der Waals surface area contributed by atoms with Crippen molar-refractivity contribution in [2.45, 2.75) is 40.1 Å². The summed E-state index contributed by atoms with van der Waals surface area (Å²) in [6, 6.07) is 7.89. The van der Waals surface area contributed by atoms with Crippen molar-refractivity contribution in [3.63, 3.8) is 0 Å². The maximum absolute atomic E-state index is 12.0. The van der Waals surface area contributed by atoms with Crippen LogP contribution in [0.25, 0.3) is 0 Å². The van der Waals surface area contributed by atoms with Gasteiger partial charge in [0.2, 0.25) is 0 Å². The molecule has 6 nitrogen and oxygen atoms in total. The summed E-state index contributed by atoms with van der Waals surface area (Å²) < 4.78 is 11.7. The number of nitrogens with one attached hydrogen (secondary N) is 1. The zero-order chi connectivity index (χ0) is 18.8. The van der Waals surface area contributed by atoms with Crippen molar-refractivity contribution < 1.29 is 26.2 Å². The molecule has 5 atom stereocenters. The van der Waals surface area contributed by atoms with E-state index in [4.69, 9.17) is 29.3 Å². The fourth-order valence-electron chi connectivity index (χ4n) is 2.63. The monoisotopic (exact) mass is 442 g/mol. The predicted octanol–water partition coefficient (Wildman–Crippen LogP) is 0.722. The van der Waals surface area contributed by atoms with Gasteiger partial charge in [-0.3, -0.25) is 4.79 Å². The zero-order valence-electron chi connectivity index (χ0n) is 13.4. The predicted molar refractivity (Wildman–Crippen MR) is 93.2 cm³/mol. The summed E-state index contributed by atoms with van der Waals surface area (Å²) in [5.41, 5.74) is 0.813. The lowest BCUT2D eigenvalue weighted by atomic mass is 9.89. The van der Waals surface area contributed by atoms with Crippen LogP contribution in [0.4, 0.5) is 0 Å². The molecule has 1 aliphatic rings. The van der Waals surface area contributed by atoms with E-state index in [2.05, 4.69) is 21.2 Å². The standard InChI is InChI=1S/C15H18BrCl2NO5/c16-15(6-8-4-2-1-3-5-8)12(19-14(23)13(17)18)11(22)10(21)9(7-20)24-15/h1-5,9-13,20-22H,6-7H2,(H,19,23)/t9-,10-,11+,12-,15?/m1/s1/i13D. The molecule has 0 aliphatic carbocycles. The van der Waals surface area contributed by atoms with E-state index in [0.29, 0.717) is 0 Å². The molecule has 0 bridgehead atoms. The van der Waals surface area contributed by atoms with Crippen molar-refractivity contribution in [3.8, 4) is 0 Å². The highest BCUT2D eigenvalue weighted by atomic mass is 79.9. The number of alkyl halides is 3. The minimum absolute atomic E-state index is 0.189. The molecule has 9 heteroatoms. The first-order valence-corrected chi connectivity index (χ1v) is 8.70. The van der Waals surface area contributed by atoms with Gasteiger partial charge < -0.3 is 25.4 Å². The molecule has 0 aromatic heterocycles. The number of carbonyl (C=O) groups excluding carboxylic acids is 1. The van der Waals surface area contributed by atoms with Gasteiger partial charge in [0.25, 0.3) is 5.91 Å². The first-order valence-electron chi connectivity index (χ1n) is 7.65. The fourth-order valence-corrected chi connectivity index (χ4v) is 3.69. The summed E-state index contributed by atoms with van der Waals surface area (Å²) in [5.74, 6) is -1.07. The summed E-state index contributed by atoms with van der Waals surface area (Å²) in [5, 5.41) is 32.3. The Morgan fingerprint density at radius 2 is 2.00 bits per heavy atom. The normalized spacial score (nSPS) is 34.5. The molecule has 1 heterocycles. The minimum atomic E-state index is -2.47. The summed E-state index contributed by atoms with van der Waals surface area (Å²) >= 11 is 14.3. The van der Waals surface area contributed by atoms with Crippen LogP contribution in [0.3, 0.4) is 0 Å². The summed E-state index contributed by atoms with van der Waals surface area (Å²) in [6.45, 7) is -0.533. The molecule has 4 N–H and O–H groups in total. The van der Waals surface area contributed by atoms with Crippen LogP contribution in [0.2, 0.25) is 0 Å². The van der Waals surface area contributed by atoms with Crippen LogP contribution >= 0.6 is 39.1 Å². The molecule has 0 saturated carbocycles. The number of hydrogen-bond acceptors (Lipinski definition) is 5. The highest BCUT2D eigenvalue weighted by Gasteiger charge is 2.53. The number of aliphatic hydroxyl groups is 3. The number of carbonyl (C=O) groups is 1. The van der Waals surface area contributed by atoms with E-state index < -0.39 is 46.2 Å². The van der Waals surface area contributed by atoms with E-state index in [0.717, 1.165) is 5.56 Å². The van der Waals surface area contributed by atoms with Crippen molar-refractivity contribution in [1.82, 2.24) is 5.32 Å². The Bertz CT molecular complexity index is 605. The lowest BCUT2D eigenvalue weighted by molar-refractivity contribution is -0.204. The molecule has 1 aromatic rings. The number of rotatable bonds is 5. The van der Waals surface area contributed by atoms with Gasteiger partial charge in [-0.15, -0.1) is 0 Å². The maximum Gasteiger partial charge on any atom is 0.253 e. The fraction of sp³-hybridized carbons (Fsp3) is 0.533. The van der Waals surface area contributed by atoms with Gasteiger partial charge in [-0.05, 0) is 5.56 Å². The van der Waals surface area contributed by atoms with Crippen LogP contribution in [-0.2, 0) is 16.0 Å². The second-order valence-corrected chi connectivity index (χ2v) is 7.77. The summed E-state index contributed by atoms with van der Waals surface area (Å²) in [4.78, 5) is 9.52. The number of benzene rings is 1. The van der Waals surface area contributed by atoms with E-state index in [9.17, 15) is 20.1 Å². The molecular weight excluding hydrogens is 425 g/mol. The van der Waals surface area contributed by atoms with Crippen molar-refractivity contribution in [2.24, 2.45) is 0 Å². The first-order chi connectivity index (χ1) is 11.6. The van der Waals surface area contributed by atoms with Crippen LogP contribution in [0.15, 0.2) is 30.3 Å². The Labute approximate surface area is 159 Å². The molecule has 24 heavy (non-hydrogen) atoms. The van der Waals surface area contributed by atoms with Gasteiger partial charge in [0, 0.05) is 6.42 Å². The zero-order valence-corrected chi connectivity index (χ0v) is 15.5. The molecule has 1 saturated heterocycles. The van der Waals surface area contributed by atoms with Crippen molar-refractivity contribution in [3.05, 3.63) is 35.9 Å². The van der Waals surface area contributed by atoms with Crippen LogP contribution in [0, 0.1) is 0 Å². The highest BCUT2D eigenvalue weighted by molar-refractivity contribution is 9.10. The number of halogens is 3. The third-order valence-electron chi connectivity index (χ3n) is 3.81. The lowest BCUT2D eigenvalue weighted by Gasteiger charge is -2.48. The molecule has 1 unspecified atom stereocenters. The van der Waals surface area contributed by atoms with Crippen LogP contribution in [-0.4, -0.2) is 61.5 Å².